The molecule has 0 spiro atoms. The number of nitrogens with one attached hydrogen (secondary N) is 2. The maximum Gasteiger partial charge on any atom is 0.402 e. The van der Waals surface area contributed by atoms with Crippen LogP contribution >= 0.6 is 0 Å². The smallest absolute Gasteiger partial charge is 0.326 e. The number of carbonyl (C=O) groups is 1. The predicted molar refractivity (Wildman–Crippen MR) is 98.4 cm³/mol. The van der Waals surface area contributed by atoms with Crippen LogP contribution in [0.25, 0.3) is 0 Å². The van der Waals surface area contributed by atoms with Crippen LogP contribution in [0.1, 0.15) is 29.9 Å². The highest BCUT2D eigenvalue weighted by atomic mass is 32.2. The van der Waals surface area contributed by atoms with E-state index in [0.717, 1.165) is 42.5 Å². The summed E-state index contributed by atoms with van der Waals surface area (Å²) in [5.41, 5.74) is 2.51. The monoisotopic (exact) mass is 412 g/mol. The van der Waals surface area contributed by atoms with Crippen molar-refractivity contribution in [3.05, 3.63) is 59.7 Å². The topological polar surface area (TPSA) is 75.3 Å². The molecule has 0 aromatic heterocycles. The van der Waals surface area contributed by atoms with Crippen molar-refractivity contribution in [3.8, 4) is 0 Å². The average Bonchev–Trinajstić information content (AvgIpc) is 2.66. The summed E-state index contributed by atoms with van der Waals surface area (Å²) in [6.07, 6.45) is -2.09. The van der Waals surface area contributed by atoms with Crippen LogP contribution in [0.3, 0.4) is 0 Å². The summed E-state index contributed by atoms with van der Waals surface area (Å²) in [6, 6.07) is 12.8. The van der Waals surface area contributed by atoms with Gasteiger partial charge in [-0.2, -0.15) is 13.2 Å². The standard InChI is InChI=1S/C19H19F3N2O3S/c20-19(21,22)12-23-28(26,27)15-10-8-14(9-11-15)24-18(25)17-7-3-5-13-4-1-2-6-16(13)17/h1-2,4,6,8-11,17,23H,3,5,7,12H2,(H,24,25). The Balaban J connectivity index is 1.69. The summed E-state index contributed by atoms with van der Waals surface area (Å²) < 4.78 is 61.9. The molecule has 9 heteroatoms. The number of carbonyl (C=O) groups excluding carboxylic acids is 1. The van der Waals surface area contributed by atoms with Crippen LogP contribution in [0, 0.1) is 0 Å². The van der Waals surface area contributed by atoms with Crippen molar-refractivity contribution < 1.29 is 26.4 Å². The molecule has 0 saturated carbocycles. The van der Waals surface area contributed by atoms with Crippen LogP contribution in [-0.4, -0.2) is 27.0 Å². The Kier molecular flexibility index (Phi) is 5.76. The number of alkyl halides is 3. The third-order valence-corrected chi connectivity index (χ3v) is 6.00. The molecule has 1 amide bonds. The second kappa shape index (κ2) is 7.92. The van der Waals surface area contributed by atoms with Crippen molar-refractivity contribution in [1.29, 1.82) is 0 Å². The summed E-state index contributed by atoms with van der Waals surface area (Å²) in [5, 5.41) is 2.75. The molecule has 28 heavy (non-hydrogen) atoms. The van der Waals surface area contributed by atoms with Crippen molar-refractivity contribution in [2.75, 3.05) is 11.9 Å². The minimum Gasteiger partial charge on any atom is -0.326 e. The fraction of sp³-hybridized carbons (Fsp3) is 0.316. The maximum atomic E-state index is 12.7. The van der Waals surface area contributed by atoms with Crippen molar-refractivity contribution in [2.45, 2.75) is 36.3 Å². The average molecular weight is 412 g/mol. The van der Waals surface area contributed by atoms with E-state index in [4.69, 9.17) is 0 Å². The zero-order chi connectivity index (χ0) is 20.4. The van der Waals surface area contributed by atoms with Gasteiger partial charge in [-0.05, 0) is 54.7 Å². The molecular weight excluding hydrogens is 393 g/mol. The van der Waals surface area contributed by atoms with E-state index < -0.39 is 22.7 Å². The molecule has 1 aliphatic carbocycles. The van der Waals surface area contributed by atoms with E-state index in [2.05, 4.69) is 5.32 Å². The predicted octanol–water partition coefficient (Wildman–Crippen LogP) is 3.59. The zero-order valence-corrected chi connectivity index (χ0v) is 15.6. The first kappa shape index (κ1) is 20.3. The second-order valence-electron chi connectivity index (χ2n) is 6.60. The molecule has 1 atom stereocenters. The van der Waals surface area contributed by atoms with Gasteiger partial charge < -0.3 is 5.32 Å². The van der Waals surface area contributed by atoms with E-state index in [-0.39, 0.29) is 16.7 Å². The van der Waals surface area contributed by atoms with Gasteiger partial charge in [0.25, 0.3) is 0 Å². The van der Waals surface area contributed by atoms with Gasteiger partial charge >= 0.3 is 6.18 Å². The van der Waals surface area contributed by atoms with Gasteiger partial charge in [0.1, 0.15) is 6.54 Å². The number of hydrogen-bond donors (Lipinski definition) is 2. The van der Waals surface area contributed by atoms with Gasteiger partial charge in [0.2, 0.25) is 15.9 Å². The molecular formula is C19H19F3N2O3S. The molecule has 2 N–H and O–H groups in total. The van der Waals surface area contributed by atoms with Crippen molar-refractivity contribution in [1.82, 2.24) is 4.72 Å². The van der Waals surface area contributed by atoms with Crippen LogP contribution < -0.4 is 10.0 Å². The molecule has 0 aliphatic heterocycles. The SMILES string of the molecule is O=C(Nc1ccc(S(=O)(=O)NCC(F)(F)F)cc1)C1CCCc2ccccc21. The van der Waals surface area contributed by atoms with Crippen LogP contribution in [0.15, 0.2) is 53.4 Å². The molecule has 1 unspecified atom stereocenters. The molecule has 2 aromatic carbocycles. The molecule has 0 radical (unpaired) electrons. The van der Waals surface area contributed by atoms with Crippen LogP contribution in [0.2, 0.25) is 0 Å². The number of anilines is 1. The first-order valence-corrected chi connectivity index (χ1v) is 10.2. The number of benzene rings is 2. The molecule has 3 rings (SSSR count). The Labute approximate surface area is 161 Å². The Bertz CT molecular complexity index is 957. The lowest BCUT2D eigenvalue weighted by Crippen LogP contribution is -2.33. The first-order valence-electron chi connectivity index (χ1n) is 8.71. The summed E-state index contributed by atoms with van der Waals surface area (Å²) in [4.78, 5) is 12.4. The summed E-state index contributed by atoms with van der Waals surface area (Å²) in [5.74, 6) is -0.486. The molecule has 150 valence electrons. The van der Waals surface area contributed by atoms with Gasteiger partial charge in [-0.25, -0.2) is 13.1 Å². The third-order valence-electron chi connectivity index (χ3n) is 4.58. The van der Waals surface area contributed by atoms with E-state index >= 15 is 0 Å². The fourth-order valence-corrected chi connectivity index (χ4v) is 4.25. The quantitative estimate of drug-likeness (QED) is 0.788. The van der Waals surface area contributed by atoms with E-state index in [0.29, 0.717) is 5.69 Å². The number of amides is 1. The Morgan fingerprint density at radius 1 is 1.07 bits per heavy atom. The number of rotatable bonds is 5. The lowest BCUT2D eigenvalue weighted by molar-refractivity contribution is -0.121. The Hall–Kier alpha value is -2.39. The van der Waals surface area contributed by atoms with Gasteiger partial charge in [-0.3, -0.25) is 4.79 Å². The van der Waals surface area contributed by atoms with E-state index in [1.54, 1.807) is 0 Å². The van der Waals surface area contributed by atoms with Crippen LogP contribution in [0.4, 0.5) is 18.9 Å². The molecule has 0 fully saturated rings. The van der Waals surface area contributed by atoms with Crippen molar-refractivity contribution in [2.24, 2.45) is 0 Å². The molecule has 5 nitrogen and oxygen atoms in total. The fourth-order valence-electron chi connectivity index (χ4n) is 3.23. The number of hydrogen-bond acceptors (Lipinski definition) is 3. The molecule has 1 aliphatic rings. The molecule has 2 aromatic rings. The maximum absolute atomic E-state index is 12.7. The minimum atomic E-state index is -4.64. The first-order chi connectivity index (χ1) is 13.2. The number of halogens is 3. The van der Waals surface area contributed by atoms with Gasteiger partial charge in [-0.1, -0.05) is 24.3 Å². The lowest BCUT2D eigenvalue weighted by atomic mass is 9.82. The van der Waals surface area contributed by atoms with E-state index in [1.165, 1.54) is 16.9 Å². The zero-order valence-electron chi connectivity index (χ0n) is 14.8. The number of aryl methyl sites for hydroxylation is 1. The lowest BCUT2D eigenvalue weighted by Gasteiger charge is -2.24. The van der Waals surface area contributed by atoms with Crippen LogP contribution in [-0.2, 0) is 21.2 Å². The van der Waals surface area contributed by atoms with E-state index in [9.17, 15) is 26.4 Å². The van der Waals surface area contributed by atoms with E-state index in [1.807, 2.05) is 24.3 Å². The highest BCUT2D eigenvalue weighted by Gasteiger charge is 2.30. The highest BCUT2D eigenvalue weighted by Crippen LogP contribution is 2.32. The molecule has 0 saturated heterocycles. The normalized spacial score (nSPS) is 17.0. The van der Waals surface area contributed by atoms with Crippen molar-refractivity contribution >= 4 is 21.6 Å². The third kappa shape index (κ3) is 4.90. The highest BCUT2D eigenvalue weighted by molar-refractivity contribution is 7.89. The largest absolute Gasteiger partial charge is 0.402 e. The summed E-state index contributed by atoms with van der Waals surface area (Å²) in [6.45, 7) is -1.64. The molecule has 0 heterocycles. The van der Waals surface area contributed by atoms with Gasteiger partial charge in [0.05, 0.1) is 10.8 Å². The number of sulfonamides is 1. The van der Waals surface area contributed by atoms with Crippen LogP contribution in [0.5, 0.6) is 0 Å². The Morgan fingerprint density at radius 2 is 1.75 bits per heavy atom. The summed E-state index contributed by atoms with van der Waals surface area (Å²) in [7, 11) is -4.28. The molecule has 0 bridgehead atoms. The van der Waals surface area contributed by atoms with Gasteiger partial charge in [0, 0.05) is 5.69 Å². The van der Waals surface area contributed by atoms with Gasteiger partial charge in [-0.15, -0.1) is 0 Å². The van der Waals surface area contributed by atoms with Crippen molar-refractivity contribution in [3.63, 3.8) is 0 Å². The Morgan fingerprint density at radius 3 is 2.43 bits per heavy atom. The van der Waals surface area contributed by atoms with Gasteiger partial charge in [0.15, 0.2) is 0 Å². The second-order valence-corrected chi connectivity index (χ2v) is 8.36. The number of fused-ring (bicyclic) bond motifs is 1. The minimum absolute atomic E-state index is 0.196. The summed E-state index contributed by atoms with van der Waals surface area (Å²) >= 11 is 0.